The van der Waals surface area contributed by atoms with Gasteiger partial charge >= 0.3 is 5.97 Å². The standard InChI is InChI=1S/C24H20FNO4/c1-29-24(28)22(27)20-21(16-8-4-2-5-9-16)26(19-10-6-3-7-11-19)30-23(20)17-12-14-18(25)15-13-17/h2-15,20-21,23H,1H3/t20-,21+,23-/m0/s1. The first-order valence-corrected chi connectivity index (χ1v) is 9.54. The molecular weight excluding hydrogens is 385 g/mol. The molecule has 0 radical (unpaired) electrons. The molecule has 0 amide bonds. The third-order valence-electron chi connectivity index (χ3n) is 5.19. The van der Waals surface area contributed by atoms with E-state index in [4.69, 9.17) is 9.57 Å². The number of anilines is 1. The maximum absolute atomic E-state index is 13.5. The van der Waals surface area contributed by atoms with Crippen LogP contribution in [0.25, 0.3) is 0 Å². The van der Waals surface area contributed by atoms with Crippen LogP contribution in [-0.2, 0) is 19.2 Å². The highest BCUT2D eigenvalue weighted by atomic mass is 19.1. The van der Waals surface area contributed by atoms with Gasteiger partial charge in [-0.25, -0.2) is 14.2 Å². The highest BCUT2D eigenvalue weighted by molar-refractivity contribution is 6.34. The number of esters is 1. The summed E-state index contributed by atoms with van der Waals surface area (Å²) in [5.41, 5.74) is 2.14. The first-order valence-electron chi connectivity index (χ1n) is 9.54. The first-order chi connectivity index (χ1) is 14.6. The lowest BCUT2D eigenvalue weighted by atomic mass is 9.83. The van der Waals surface area contributed by atoms with E-state index in [0.717, 1.165) is 11.3 Å². The van der Waals surface area contributed by atoms with Gasteiger partial charge in [-0.2, -0.15) is 0 Å². The molecule has 0 spiro atoms. The zero-order chi connectivity index (χ0) is 21.1. The zero-order valence-electron chi connectivity index (χ0n) is 16.3. The number of hydroxylamine groups is 1. The van der Waals surface area contributed by atoms with E-state index in [0.29, 0.717) is 5.56 Å². The number of hydrogen-bond acceptors (Lipinski definition) is 5. The predicted molar refractivity (Wildman–Crippen MR) is 109 cm³/mol. The number of carbonyl (C=O) groups excluding carboxylic acids is 2. The van der Waals surface area contributed by atoms with Crippen LogP contribution in [0, 0.1) is 11.7 Å². The third kappa shape index (κ3) is 3.69. The van der Waals surface area contributed by atoms with E-state index in [9.17, 15) is 14.0 Å². The molecule has 0 unspecified atom stereocenters. The van der Waals surface area contributed by atoms with E-state index in [1.807, 2.05) is 60.7 Å². The predicted octanol–water partition coefficient (Wildman–Crippen LogP) is 4.42. The van der Waals surface area contributed by atoms with Gasteiger partial charge < -0.3 is 4.74 Å². The fourth-order valence-electron chi connectivity index (χ4n) is 3.79. The number of methoxy groups -OCH3 is 1. The molecule has 3 atom stereocenters. The number of hydrogen-bond donors (Lipinski definition) is 0. The number of Topliss-reactive ketones (excluding diaryl/α,β-unsaturated/α-hetero) is 1. The van der Waals surface area contributed by atoms with Crippen molar-refractivity contribution in [2.75, 3.05) is 12.2 Å². The van der Waals surface area contributed by atoms with E-state index in [1.165, 1.54) is 19.2 Å². The highest BCUT2D eigenvalue weighted by Gasteiger charge is 2.51. The SMILES string of the molecule is COC(=O)C(=O)[C@@H]1[C@@H](c2ccccc2)N(c2ccccc2)O[C@H]1c1ccc(F)cc1. The van der Waals surface area contributed by atoms with Crippen molar-refractivity contribution in [2.24, 2.45) is 5.92 Å². The molecule has 6 heteroatoms. The Morgan fingerprint density at radius 2 is 1.47 bits per heavy atom. The third-order valence-corrected chi connectivity index (χ3v) is 5.19. The van der Waals surface area contributed by atoms with Gasteiger partial charge in [0.15, 0.2) is 0 Å². The summed E-state index contributed by atoms with van der Waals surface area (Å²) in [7, 11) is 1.18. The molecule has 30 heavy (non-hydrogen) atoms. The number of carbonyl (C=O) groups is 2. The Morgan fingerprint density at radius 1 is 0.867 bits per heavy atom. The molecule has 1 aliphatic heterocycles. The van der Waals surface area contributed by atoms with Gasteiger partial charge in [-0.15, -0.1) is 0 Å². The Morgan fingerprint density at radius 3 is 2.07 bits per heavy atom. The molecule has 0 N–H and O–H groups in total. The molecule has 3 aromatic carbocycles. The number of ketones is 1. The molecule has 0 bridgehead atoms. The summed E-state index contributed by atoms with van der Waals surface area (Å²) in [4.78, 5) is 31.6. The summed E-state index contributed by atoms with van der Waals surface area (Å²) >= 11 is 0. The van der Waals surface area contributed by atoms with E-state index < -0.39 is 35.6 Å². The lowest BCUT2D eigenvalue weighted by Crippen LogP contribution is -2.33. The minimum Gasteiger partial charge on any atom is -0.463 e. The second-order valence-electron chi connectivity index (χ2n) is 6.98. The summed E-state index contributed by atoms with van der Waals surface area (Å²) in [6, 6.07) is 23.9. The quantitative estimate of drug-likeness (QED) is 0.465. The monoisotopic (exact) mass is 405 g/mol. The van der Waals surface area contributed by atoms with Gasteiger partial charge in [-0.3, -0.25) is 9.63 Å². The highest BCUT2D eigenvalue weighted by Crippen LogP contribution is 2.49. The molecule has 0 saturated carbocycles. The number of benzene rings is 3. The lowest BCUT2D eigenvalue weighted by Gasteiger charge is -2.26. The minimum atomic E-state index is -0.938. The smallest absolute Gasteiger partial charge is 0.374 e. The number of nitrogens with zero attached hydrogens (tertiary/aromatic N) is 1. The van der Waals surface area contributed by atoms with Crippen molar-refractivity contribution >= 4 is 17.4 Å². The molecule has 1 aliphatic rings. The summed E-state index contributed by atoms with van der Waals surface area (Å²) in [5, 5.41) is 1.65. The van der Waals surface area contributed by atoms with Crippen LogP contribution in [-0.4, -0.2) is 18.9 Å². The van der Waals surface area contributed by atoms with Crippen LogP contribution >= 0.6 is 0 Å². The molecule has 5 nitrogen and oxygen atoms in total. The number of ether oxygens (including phenoxy) is 1. The summed E-state index contributed by atoms with van der Waals surface area (Å²) < 4.78 is 18.2. The molecular formula is C24H20FNO4. The largest absolute Gasteiger partial charge is 0.463 e. The van der Waals surface area contributed by atoms with Gasteiger partial charge in [0.25, 0.3) is 0 Å². The van der Waals surface area contributed by atoms with Crippen LogP contribution in [0.1, 0.15) is 23.3 Å². The molecule has 1 fully saturated rings. The Hall–Kier alpha value is -3.51. The van der Waals surface area contributed by atoms with Crippen molar-refractivity contribution in [2.45, 2.75) is 12.1 Å². The van der Waals surface area contributed by atoms with Crippen LogP contribution in [0.3, 0.4) is 0 Å². The van der Waals surface area contributed by atoms with Crippen LogP contribution in [0.4, 0.5) is 10.1 Å². The second-order valence-corrected chi connectivity index (χ2v) is 6.98. The molecule has 4 rings (SSSR count). The van der Waals surface area contributed by atoms with Crippen molar-refractivity contribution in [3.05, 3.63) is 102 Å². The van der Waals surface area contributed by atoms with Crippen LogP contribution in [0.2, 0.25) is 0 Å². The number of para-hydroxylation sites is 1. The van der Waals surface area contributed by atoms with E-state index in [-0.39, 0.29) is 0 Å². The van der Waals surface area contributed by atoms with Gasteiger partial charge in [0.1, 0.15) is 11.9 Å². The average Bonchev–Trinajstić information content (AvgIpc) is 3.20. The summed E-state index contributed by atoms with van der Waals surface area (Å²) in [5.74, 6) is -2.91. The van der Waals surface area contributed by atoms with Crippen LogP contribution in [0.5, 0.6) is 0 Å². The fraction of sp³-hybridized carbons (Fsp3) is 0.167. The summed E-state index contributed by atoms with van der Waals surface area (Å²) in [6.45, 7) is 0. The maximum atomic E-state index is 13.5. The summed E-state index contributed by atoms with van der Waals surface area (Å²) in [6.07, 6.45) is -0.789. The number of rotatable bonds is 5. The van der Waals surface area contributed by atoms with Crippen molar-refractivity contribution < 1.29 is 23.6 Å². The molecule has 0 aliphatic carbocycles. The van der Waals surface area contributed by atoms with Crippen molar-refractivity contribution in [1.82, 2.24) is 0 Å². The Bertz CT molecular complexity index is 1020. The van der Waals surface area contributed by atoms with Crippen molar-refractivity contribution in [3.63, 3.8) is 0 Å². The zero-order valence-corrected chi connectivity index (χ0v) is 16.3. The van der Waals surface area contributed by atoms with Crippen molar-refractivity contribution in [1.29, 1.82) is 0 Å². The van der Waals surface area contributed by atoms with Gasteiger partial charge in [0.2, 0.25) is 5.78 Å². The van der Waals surface area contributed by atoms with E-state index in [1.54, 1.807) is 17.2 Å². The van der Waals surface area contributed by atoms with Gasteiger partial charge in [-0.1, -0.05) is 60.7 Å². The number of halogens is 1. The van der Waals surface area contributed by atoms with E-state index >= 15 is 0 Å². The molecule has 3 aromatic rings. The second kappa shape index (κ2) is 8.47. The topological polar surface area (TPSA) is 55.8 Å². The Kier molecular flexibility index (Phi) is 5.59. The average molecular weight is 405 g/mol. The molecule has 152 valence electrons. The normalized spacial score (nSPS) is 20.7. The lowest BCUT2D eigenvalue weighted by molar-refractivity contribution is -0.154. The molecule has 0 aromatic heterocycles. The molecule has 1 saturated heterocycles. The Balaban J connectivity index is 1.86. The Labute approximate surface area is 173 Å². The minimum absolute atomic E-state index is 0.396. The first kappa shape index (κ1) is 19.8. The van der Waals surface area contributed by atoms with Gasteiger partial charge in [0, 0.05) is 0 Å². The van der Waals surface area contributed by atoms with Gasteiger partial charge in [0.05, 0.1) is 24.8 Å². The molecule has 1 heterocycles. The van der Waals surface area contributed by atoms with Crippen molar-refractivity contribution in [3.8, 4) is 0 Å². The fourth-order valence-corrected chi connectivity index (χ4v) is 3.79. The maximum Gasteiger partial charge on any atom is 0.374 e. The van der Waals surface area contributed by atoms with Crippen LogP contribution < -0.4 is 5.06 Å². The van der Waals surface area contributed by atoms with E-state index in [2.05, 4.69) is 0 Å². The van der Waals surface area contributed by atoms with Crippen LogP contribution in [0.15, 0.2) is 84.9 Å². The van der Waals surface area contributed by atoms with Gasteiger partial charge in [-0.05, 0) is 35.4 Å².